The average molecular weight is 387 g/mol. The van der Waals surface area contributed by atoms with Gasteiger partial charge in [-0.25, -0.2) is 0 Å². The summed E-state index contributed by atoms with van der Waals surface area (Å²) in [5.41, 5.74) is 4.55. The van der Waals surface area contributed by atoms with E-state index in [4.69, 9.17) is 9.47 Å². The second-order valence-corrected chi connectivity index (χ2v) is 7.38. The largest absolute Gasteiger partial charge is 0.485 e. The first-order valence-electron chi connectivity index (χ1n) is 9.94. The Kier molecular flexibility index (Phi) is 5.80. The minimum atomic E-state index is -0.00453. The molecule has 0 radical (unpaired) electrons. The van der Waals surface area contributed by atoms with Crippen molar-refractivity contribution >= 4 is 5.91 Å². The van der Waals surface area contributed by atoms with Gasteiger partial charge in [0, 0.05) is 18.5 Å². The van der Waals surface area contributed by atoms with Gasteiger partial charge in [-0.1, -0.05) is 66.7 Å². The van der Waals surface area contributed by atoms with Crippen molar-refractivity contribution in [2.45, 2.75) is 39.0 Å². The number of rotatable bonds is 7. The van der Waals surface area contributed by atoms with E-state index in [-0.39, 0.29) is 11.9 Å². The van der Waals surface area contributed by atoms with Crippen LogP contribution in [0.4, 0.5) is 0 Å². The summed E-state index contributed by atoms with van der Waals surface area (Å²) in [7, 11) is 0. The molecule has 3 aromatic carbocycles. The van der Waals surface area contributed by atoms with Crippen molar-refractivity contribution in [1.82, 2.24) is 5.32 Å². The molecule has 0 saturated heterocycles. The van der Waals surface area contributed by atoms with Crippen molar-refractivity contribution < 1.29 is 14.3 Å². The number of carbonyl (C=O) groups excluding carboxylic acids is 1. The quantitative estimate of drug-likeness (QED) is 0.652. The molecule has 1 atom stereocenters. The van der Waals surface area contributed by atoms with Crippen LogP contribution in [0, 0.1) is 0 Å². The van der Waals surface area contributed by atoms with Gasteiger partial charge in [-0.05, 0) is 35.6 Å². The van der Waals surface area contributed by atoms with E-state index in [1.807, 2.05) is 66.7 Å². The van der Waals surface area contributed by atoms with Gasteiger partial charge < -0.3 is 14.8 Å². The molecule has 0 aliphatic heterocycles. The maximum Gasteiger partial charge on any atom is 0.217 e. The lowest BCUT2D eigenvalue weighted by molar-refractivity contribution is -0.119. The minimum Gasteiger partial charge on any atom is -0.485 e. The number of fused-ring (bicyclic) bond motifs is 1. The normalized spacial score (nSPS) is 14.9. The van der Waals surface area contributed by atoms with Crippen LogP contribution < -0.4 is 14.8 Å². The van der Waals surface area contributed by atoms with E-state index in [0.29, 0.717) is 13.2 Å². The fraction of sp³-hybridized carbons (Fsp3) is 0.240. The average Bonchev–Trinajstić information content (AvgIpc) is 3.14. The molecule has 0 bridgehead atoms. The summed E-state index contributed by atoms with van der Waals surface area (Å²) in [6, 6.07) is 24.4. The summed E-state index contributed by atoms with van der Waals surface area (Å²) in [6.45, 7) is 2.52. The second kappa shape index (κ2) is 8.82. The first-order chi connectivity index (χ1) is 14.2. The highest BCUT2D eigenvalue weighted by atomic mass is 16.5. The van der Waals surface area contributed by atoms with E-state index in [9.17, 15) is 4.79 Å². The maximum absolute atomic E-state index is 11.5. The molecule has 0 spiro atoms. The zero-order chi connectivity index (χ0) is 20.1. The summed E-state index contributed by atoms with van der Waals surface area (Å²) in [6.07, 6.45) is 1.57. The third-order valence-corrected chi connectivity index (χ3v) is 5.11. The Bertz CT molecular complexity index is 970. The van der Waals surface area contributed by atoms with Gasteiger partial charge in [-0.15, -0.1) is 0 Å². The van der Waals surface area contributed by atoms with Gasteiger partial charge >= 0.3 is 0 Å². The summed E-state index contributed by atoms with van der Waals surface area (Å²) >= 11 is 0. The number of nitrogens with one attached hydrogen (secondary N) is 1. The molecule has 0 aromatic heterocycles. The second-order valence-electron chi connectivity index (χ2n) is 7.38. The van der Waals surface area contributed by atoms with Crippen LogP contribution in [0.25, 0.3) is 0 Å². The lowest BCUT2D eigenvalue weighted by Crippen LogP contribution is -2.33. The molecule has 29 heavy (non-hydrogen) atoms. The van der Waals surface area contributed by atoms with Crippen LogP contribution in [-0.2, 0) is 30.8 Å². The molecule has 148 valence electrons. The van der Waals surface area contributed by atoms with E-state index in [2.05, 4.69) is 11.4 Å². The predicted molar refractivity (Wildman–Crippen MR) is 113 cm³/mol. The SMILES string of the molecule is CC(=O)NC1Cc2ccc(OCc3ccccc3)c(OCc3ccccc3)c2C1. The zero-order valence-electron chi connectivity index (χ0n) is 16.6. The minimum absolute atomic E-state index is 0.00453. The molecule has 4 rings (SSSR count). The molecule has 4 heteroatoms. The van der Waals surface area contributed by atoms with Crippen molar-refractivity contribution in [3.63, 3.8) is 0 Å². The topological polar surface area (TPSA) is 47.6 Å². The van der Waals surface area contributed by atoms with Gasteiger partial charge in [0.1, 0.15) is 13.2 Å². The molecule has 0 heterocycles. The predicted octanol–water partition coefficient (Wildman–Crippen LogP) is 4.45. The fourth-order valence-corrected chi connectivity index (χ4v) is 3.77. The van der Waals surface area contributed by atoms with E-state index in [1.54, 1.807) is 6.92 Å². The Labute approximate surface area is 171 Å². The van der Waals surface area contributed by atoms with Crippen molar-refractivity contribution in [3.8, 4) is 11.5 Å². The highest BCUT2D eigenvalue weighted by Crippen LogP contribution is 2.39. The Morgan fingerprint density at radius 3 is 2.10 bits per heavy atom. The first-order valence-corrected chi connectivity index (χ1v) is 9.94. The molecule has 0 saturated carbocycles. The summed E-state index contributed by atoms with van der Waals surface area (Å²) in [5, 5.41) is 3.03. The number of ether oxygens (including phenoxy) is 2. The molecular weight excluding hydrogens is 362 g/mol. The molecule has 1 aliphatic rings. The molecule has 1 N–H and O–H groups in total. The third-order valence-electron chi connectivity index (χ3n) is 5.11. The number of hydrogen-bond donors (Lipinski definition) is 1. The highest BCUT2D eigenvalue weighted by molar-refractivity contribution is 5.73. The van der Waals surface area contributed by atoms with Gasteiger partial charge in [-0.2, -0.15) is 0 Å². The van der Waals surface area contributed by atoms with E-state index < -0.39 is 0 Å². The van der Waals surface area contributed by atoms with Gasteiger partial charge in [0.25, 0.3) is 0 Å². The van der Waals surface area contributed by atoms with Crippen molar-refractivity contribution in [2.75, 3.05) is 0 Å². The molecule has 1 amide bonds. The fourth-order valence-electron chi connectivity index (χ4n) is 3.77. The van der Waals surface area contributed by atoms with E-state index in [0.717, 1.165) is 41.0 Å². The van der Waals surface area contributed by atoms with Crippen LogP contribution in [0.15, 0.2) is 72.8 Å². The molecule has 3 aromatic rings. The molecule has 4 nitrogen and oxygen atoms in total. The molecule has 1 aliphatic carbocycles. The van der Waals surface area contributed by atoms with Crippen LogP contribution in [0.1, 0.15) is 29.2 Å². The Morgan fingerprint density at radius 2 is 1.48 bits per heavy atom. The maximum atomic E-state index is 11.5. The smallest absolute Gasteiger partial charge is 0.217 e. The van der Waals surface area contributed by atoms with Gasteiger partial charge in [0.05, 0.1) is 0 Å². The van der Waals surface area contributed by atoms with E-state index in [1.165, 1.54) is 5.56 Å². The Hall–Kier alpha value is -3.27. The van der Waals surface area contributed by atoms with Crippen molar-refractivity contribution in [2.24, 2.45) is 0 Å². The van der Waals surface area contributed by atoms with Crippen LogP contribution in [0.3, 0.4) is 0 Å². The Balaban J connectivity index is 1.57. The monoisotopic (exact) mass is 387 g/mol. The Morgan fingerprint density at radius 1 is 0.862 bits per heavy atom. The first kappa shape index (κ1) is 19.1. The van der Waals surface area contributed by atoms with Crippen LogP contribution in [-0.4, -0.2) is 11.9 Å². The van der Waals surface area contributed by atoms with Crippen molar-refractivity contribution in [1.29, 1.82) is 0 Å². The molecule has 0 fully saturated rings. The van der Waals surface area contributed by atoms with Gasteiger partial charge in [-0.3, -0.25) is 4.79 Å². The molecule has 1 unspecified atom stereocenters. The van der Waals surface area contributed by atoms with Crippen LogP contribution in [0.2, 0.25) is 0 Å². The number of amides is 1. The summed E-state index contributed by atoms with van der Waals surface area (Å²) in [5.74, 6) is 1.53. The lowest BCUT2D eigenvalue weighted by Gasteiger charge is -2.17. The standard InChI is InChI=1S/C25H25NO3/c1-18(27)26-22-14-21-12-13-24(28-16-19-8-4-2-5-9-19)25(23(21)15-22)29-17-20-10-6-3-7-11-20/h2-13,22H,14-17H2,1H3,(H,26,27). The highest BCUT2D eigenvalue weighted by Gasteiger charge is 2.27. The number of carbonyl (C=O) groups is 1. The summed E-state index contributed by atoms with van der Waals surface area (Å²) < 4.78 is 12.4. The zero-order valence-corrected chi connectivity index (χ0v) is 16.6. The third kappa shape index (κ3) is 4.77. The van der Waals surface area contributed by atoms with Crippen LogP contribution >= 0.6 is 0 Å². The van der Waals surface area contributed by atoms with Gasteiger partial charge in [0.2, 0.25) is 5.91 Å². The number of hydrogen-bond acceptors (Lipinski definition) is 3. The summed E-state index contributed by atoms with van der Waals surface area (Å²) in [4.78, 5) is 11.5. The van der Waals surface area contributed by atoms with Crippen LogP contribution in [0.5, 0.6) is 11.5 Å². The molecular formula is C25H25NO3. The number of benzene rings is 3. The lowest BCUT2D eigenvalue weighted by atomic mass is 10.1. The van der Waals surface area contributed by atoms with Crippen molar-refractivity contribution in [3.05, 3.63) is 95.1 Å². The van der Waals surface area contributed by atoms with E-state index >= 15 is 0 Å². The van der Waals surface area contributed by atoms with Gasteiger partial charge in [0.15, 0.2) is 11.5 Å².